The van der Waals surface area contributed by atoms with E-state index >= 15 is 0 Å². The van der Waals surface area contributed by atoms with Crippen LogP contribution in [-0.4, -0.2) is 30.0 Å². The number of rotatable bonds is 6. The highest BCUT2D eigenvalue weighted by atomic mass is 32.2. The fraction of sp³-hybridized carbons (Fsp3) is 0.125. The molecule has 5 rings (SSSR count). The number of aromatic amines is 1. The topological polar surface area (TPSA) is 63.4 Å². The predicted molar refractivity (Wildman–Crippen MR) is 119 cm³/mol. The Bertz CT molecular complexity index is 1250. The normalized spacial score (nSPS) is 12.3. The highest BCUT2D eigenvalue weighted by molar-refractivity contribution is 7.99. The van der Waals surface area contributed by atoms with Crippen molar-refractivity contribution in [3.63, 3.8) is 0 Å². The molecule has 2 N–H and O–H groups in total. The molecule has 0 unspecified atom stereocenters. The molecule has 1 aliphatic heterocycles. The molecule has 0 spiro atoms. The summed E-state index contributed by atoms with van der Waals surface area (Å²) in [7, 11) is 0. The SMILES string of the molecule is O=C(NCCSc1c(-c2ccc(F)cc2)[nH]c2ccccc12)c1ccc2c(c1)OCO2. The average molecular weight is 434 g/mol. The summed E-state index contributed by atoms with van der Waals surface area (Å²) in [6.07, 6.45) is 0. The number of hydrogen-bond donors (Lipinski definition) is 2. The van der Waals surface area contributed by atoms with E-state index < -0.39 is 0 Å². The third kappa shape index (κ3) is 3.96. The Morgan fingerprint density at radius 3 is 2.71 bits per heavy atom. The second-order valence-corrected chi connectivity index (χ2v) is 8.16. The van der Waals surface area contributed by atoms with Crippen LogP contribution in [0, 0.1) is 5.82 Å². The molecule has 1 amide bonds. The lowest BCUT2D eigenvalue weighted by atomic mass is 10.1. The number of halogens is 1. The summed E-state index contributed by atoms with van der Waals surface area (Å²) >= 11 is 1.66. The maximum atomic E-state index is 13.4. The summed E-state index contributed by atoms with van der Waals surface area (Å²) in [5, 5.41) is 4.06. The van der Waals surface area contributed by atoms with E-state index in [2.05, 4.69) is 16.4 Å². The lowest BCUT2D eigenvalue weighted by molar-refractivity contribution is 0.0955. The van der Waals surface area contributed by atoms with Crippen LogP contribution in [0.25, 0.3) is 22.2 Å². The zero-order valence-corrected chi connectivity index (χ0v) is 17.3. The van der Waals surface area contributed by atoms with Gasteiger partial charge >= 0.3 is 0 Å². The molecule has 1 aromatic heterocycles. The first-order valence-electron chi connectivity index (χ1n) is 9.86. The molecule has 0 saturated heterocycles. The molecule has 5 nitrogen and oxygen atoms in total. The summed E-state index contributed by atoms with van der Waals surface area (Å²) in [6.45, 7) is 0.679. The maximum absolute atomic E-state index is 13.4. The number of H-pyrrole nitrogens is 1. The van der Waals surface area contributed by atoms with E-state index in [0.29, 0.717) is 29.4 Å². The Morgan fingerprint density at radius 2 is 1.84 bits per heavy atom. The molecule has 0 aliphatic carbocycles. The van der Waals surface area contributed by atoms with Crippen molar-refractivity contribution < 1.29 is 18.7 Å². The lowest BCUT2D eigenvalue weighted by Gasteiger charge is -2.08. The molecule has 7 heteroatoms. The highest BCUT2D eigenvalue weighted by Gasteiger charge is 2.17. The van der Waals surface area contributed by atoms with Gasteiger partial charge in [-0.05, 0) is 54.1 Å². The first-order chi connectivity index (χ1) is 15.2. The molecule has 1 aliphatic rings. The van der Waals surface area contributed by atoms with Crippen molar-refractivity contribution in [2.45, 2.75) is 4.90 Å². The second-order valence-electron chi connectivity index (χ2n) is 7.05. The lowest BCUT2D eigenvalue weighted by Crippen LogP contribution is -2.25. The zero-order valence-electron chi connectivity index (χ0n) is 16.5. The predicted octanol–water partition coefficient (Wildman–Crippen LogP) is 5.22. The maximum Gasteiger partial charge on any atom is 0.251 e. The van der Waals surface area contributed by atoms with Gasteiger partial charge in [-0.1, -0.05) is 18.2 Å². The van der Waals surface area contributed by atoms with Crippen molar-refractivity contribution in [1.29, 1.82) is 0 Å². The second kappa shape index (κ2) is 8.35. The van der Waals surface area contributed by atoms with E-state index in [1.54, 1.807) is 42.1 Å². The molecular weight excluding hydrogens is 415 g/mol. The van der Waals surface area contributed by atoms with Crippen LogP contribution in [0.3, 0.4) is 0 Å². The van der Waals surface area contributed by atoms with Gasteiger partial charge in [-0.15, -0.1) is 11.8 Å². The van der Waals surface area contributed by atoms with E-state index in [1.807, 2.05) is 18.2 Å². The number of nitrogens with one attached hydrogen (secondary N) is 2. The molecule has 3 aromatic carbocycles. The van der Waals surface area contributed by atoms with Crippen LogP contribution in [0.15, 0.2) is 71.6 Å². The van der Waals surface area contributed by atoms with E-state index in [9.17, 15) is 9.18 Å². The van der Waals surface area contributed by atoms with Crippen LogP contribution in [0.5, 0.6) is 11.5 Å². The third-order valence-electron chi connectivity index (χ3n) is 5.06. The minimum atomic E-state index is -0.264. The van der Waals surface area contributed by atoms with E-state index in [-0.39, 0.29) is 18.5 Å². The Balaban J connectivity index is 1.29. The van der Waals surface area contributed by atoms with Crippen LogP contribution < -0.4 is 14.8 Å². The number of carbonyl (C=O) groups is 1. The Morgan fingerprint density at radius 1 is 1.03 bits per heavy atom. The zero-order chi connectivity index (χ0) is 21.2. The van der Waals surface area contributed by atoms with Gasteiger partial charge in [0.15, 0.2) is 11.5 Å². The van der Waals surface area contributed by atoms with E-state index in [1.165, 1.54) is 12.1 Å². The molecule has 0 atom stereocenters. The summed E-state index contributed by atoms with van der Waals surface area (Å²) in [4.78, 5) is 17.0. The van der Waals surface area contributed by atoms with Crippen molar-refractivity contribution in [3.8, 4) is 22.8 Å². The fourth-order valence-electron chi connectivity index (χ4n) is 3.54. The minimum absolute atomic E-state index is 0.156. The number of thioether (sulfide) groups is 1. The van der Waals surface area contributed by atoms with Crippen LogP contribution in [0.1, 0.15) is 10.4 Å². The van der Waals surface area contributed by atoms with Gasteiger partial charge in [0.25, 0.3) is 5.91 Å². The molecule has 0 bridgehead atoms. The van der Waals surface area contributed by atoms with Crippen molar-refractivity contribution >= 4 is 28.6 Å². The van der Waals surface area contributed by atoms with Gasteiger partial charge in [0, 0.05) is 33.7 Å². The Kier molecular flexibility index (Phi) is 5.26. The monoisotopic (exact) mass is 434 g/mol. The smallest absolute Gasteiger partial charge is 0.251 e. The number of para-hydroxylation sites is 1. The van der Waals surface area contributed by atoms with Gasteiger partial charge in [0.05, 0.1) is 5.69 Å². The number of carbonyl (C=O) groups excluding carboxylic acids is 1. The van der Waals surface area contributed by atoms with Crippen molar-refractivity contribution in [2.75, 3.05) is 19.1 Å². The van der Waals surface area contributed by atoms with E-state index in [4.69, 9.17) is 9.47 Å². The van der Waals surface area contributed by atoms with Gasteiger partial charge in [0.1, 0.15) is 5.82 Å². The number of aromatic nitrogens is 1. The third-order valence-corrected chi connectivity index (χ3v) is 6.18. The molecule has 0 fully saturated rings. The summed E-state index contributed by atoms with van der Waals surface area (Å²) in [6, 6.07) is 19.7. The Labute approximate surface area is 182 Å². The molecule has 2 heterocycles. The minimum Gasteiger partial charge on any atom is -0.454 e. The van der Waals surface area contributed by atoms with Gasteiger partial charge in [-0.25, -0.2) is 4.39 Å². The van der Waals surface area contributed by atoms with Crippen LogP contribution in [0.2, 0.25) is 0 Å². The Hall–Kier alpha value is -3.45. The largest absolute Gasteiger partial charge is 0.454 e. The standard InChI is InChI=1S/C24H19FN2O3S/c25-17-8-5-15(6-9-17)22-23(18-3-1-2-4-19(18)27-22)31-12-11-26-24(28)16-7-10-20-21(13-16)30-14-29-20/h1-10,13,27H,11-12,14H2,(H,26,28). The fourth-order valence-corrected chi connectivity index (χ4v) is 4.60. The quantitative estimate of drug-likeness (QED) is 0.322. The molecule has 31 heavy (non-hydrogen) atoms. The molecule has 0 saturated carbocycles. The highest BCUT2D eigenvalue weighted by Crippen LogP contribution is 2.37. The number of benzene rings is 3. The van der Waals surface area contributed by atoms with Gasteiger partial charge in [-0.2, -0.15) is 0 Å². The average Bonchev–Trinajstić information content (AvgIpc) is 3.41. The number of ether oxygens (including phenoxy) is 2. The van der Waals surface area contributed by atoms with Crippen molar-refractivity contribution in [1.82, 2.24) is 10.3 Å². The molecule has 0 radical (unpaired) electrons. The number of fused-ring (bicyclic) bond motifs is 2. The number of hydrogen-bond acceptors (Lipinski definition) is 4. The van der Waals surface area contributed by atoms with Gasteiger partial charge < -0.3 is 19.8 Å². The van der Waals surface area contributed by atoms with Crippen molar-refractivity contribution in [3.05, 3.63) is 78.1 Å². The first kappa shape index (κ1) is 19.5. The van der Waals surface area contributed by atoms with Crippen molar-refractivity contribution in [2.24, 2.45) is 0 Å². The van der Waals surface area contributed by atoms with Gasteiger partial charge in [-0.3, -0.25) is 4.79 Å². The van der Waals surface area contributed by atoms with Crippen LogP contribution in [-0.2, 0) is 0 Å². The summed E-state index contributed by atoms with van der Waals surface area (Å²) in [5.41, 5.74) is 3.43. The van der Waals surface area contributed by atoms with Crippen LogP contribution >= 0.6 is 11.8 Å². The molecular formula is C24H19FN2O3S. The first-order valence-corrected chi connectivity index (χ1v) is 10.8. The van der Waals surface area contributed by atoms with E-state index in [0.717, 1.165) is 27.1 Å². The summed E-state index contributed by atoms with van der Waals surface area (Å²) < 4.78 is 24.0. The molecule has 4 aromatic rings. The van der Waals surface area contributed by atoms with Gasteiger partial charge in [0.2, 0.25) is 6.79 Å². The van der Waals surface area contributed by atoms with Crippen LogP contribution in [0.4, 0.5) is 4.39 Å². The number of amides is 1. The molecule has 156 valence electrons. The summed E-state index contributed by atoms with van der Waals surface area (Å²) in [5.74, 6) is 1.51.